The Morgan fingerprint density at radius 3 is 2.21 bits per heavy atom. The van der Waals surface area contributed by atoms with Crippen LogP contribution in [0.2, 0.25) is 0 Å². The first-order valence-electron chi connectivity index (χ1n) is 7.37. The van der Waals surface area contributed by atoms with Gasteiger partial charge in [0.25, 0.3) is 0 Å². The fourth-order valence-corrected chi connectivity index (χ4v) is 1.96. The molecule has 0 aromatic carbocycles. The van der Waals surface area contributed by atoms with Crippen LogP contribution in [0.4, 0.5) is 0 Å². The van der Waals surface area contributed by atoms with Gasteiger partial charge in [-0.25, -0.2) is 4.79 Å². The molecule has 0 rings (SSSR count). The van der Waals surface area contributed by atoms with E-state index in [0.29, 0.717) is 12.0 Å². The van der Waals surface area contributed by atoms with Gasteiger partial charge >= 0.3 is 5.97 Å². The van der Waals surface area contributed by atoms with Crippen LogP contribution in [-0.2, 0) is 9.53 Å². The first kappa shape index (κ1) is 18.2. The van der Waals surface area contributed by atoms with Crippen LogP contribution in [0.25, 0.3) is 0 Å². The van der Waals surface area contributed by atoms with Crippen molar-refractivity contribution in [2.24, 2.45) is 5.92 Å². The molecule has 0 amide bonds. The predicted molar refractivity (Wildman–Crippen MR) is 78.9 cm³/mol. The van der Waals surface area contributed by atoms with E-state index in [2.05, 4.69) is 20.4 Å². The summed E-state index contributed by atoms with van der Waals surface area (Å²) in [5.41, 5.74) is 0.412. The lowest BCUT2D eigenvalue weighted by Gasteiger charge is -2.19. The molecule has 1 N–H and O–H groups in total. The zero-order chi connectivity index (χ0) is 14.8. The highest BCUT2D eigenvalue weighted by Crippen LogP contribution is 2.16. The molecule has 0 bridgehead atoms. The van der Waals surface area contributed by atoms with Crippen molar-refractivity contribution in [3.05, 3.63) is 12.2 Å². The molecule has 0 saturated carbocycles. The molecule has 3 heteroatoms. The summed E-state index contributed by atoms with van der Waals surface area (Å²) in [7, 11) is 0. The molecule has 0 aromatic rings. The van der Waals surface area contributed by atoms with Crippen molar-refractivity contribution in [1.82, 2.24) is 0 Å². The number of hydrogen-bond acceptors (Lipinski definition) is 3. The van der Waals surface area contributed by atoms with Crippen molar-refractivity contribution in [3.8, 4) is 0 Å². The van der Waals surface area contributed by atoms with Crippen LogP contribution in [0.3, 0.4) is 0 Å². The maximum atomic E-state index is 11.5. The monoisotopic (exact) mass is 270 g/mol. The molecule has 19 heavy (non-hydrogen) atoms. The van der Waals surface area contributed by atoms with Gasteiger partial charge in [-0.05, 0) is 32.6 Å². The number of esters is 1. The van der Waals surface area contributed by atoms with Crippen molar-refractivity contribution < 1.29 is 14.6 Å². The molecule has 0 heterocycles. The first-order chi connectivity index (χ1) is 8.82. The van der Waals surface area contributed by atoms with E-state index in [1.165, 1.54) is 12.8 Å². The van der Waals surface area contributed by atoms with Gasteiger partial charge in [-0.2, -0.15) is 0 Å². The number of carbonyl (C=O) groups is 1. The number of unbranched alkanes of at least 4 members (excludes halogenated alkanes) is 2. The van der Waals surface area contributed by atoms with E-state index in [9.17, 15) is 9.90 Å². The van der Waals surface area contributed by atoms with Crippen LogP contribution in [0.15, 0.2) is 12.2 Å². The van der Waals surface area contributed by atoms with Gasteiger partial charge < -0.3 is 9.84 Å². The molecule has 2 atom stereocenters. The molecule has 3 nitrogen and oxygen atoms in total. The van der Waals surface area contributed by atoms with Gasteiger partial charge in [0.2, 0.25) is 0 Å². The van der Waals surface area contributed by atoms with E-state index < -0.39 is 6.10 Å². The third kappa shape index (κ3) is 10.8. The fourth-order valence-electron chi connectivity index (χ4n) is 1.96. The molecule has 112 valence electrons. The van der Waals surface area contributed by atoms with E-state index in [4.69, 9.17) is 4.74 Å². The summed E-state index contributed by atoms with van der Waals surface area (Å²) in [4.78, 5) is 11.5. The number of ether oxygens (including phenoxy) is 1. The Morgan fingerprint density at radius 2 is 1.74 bits per heavy atom. The SMILES string of the molecule is C=C(C)C(=O)OC(CCCCCC(C)C)CC(C)O. The fraction of sp³-hybridized carbons (Fsp3) is 0.812. The van der Waals surface area contributed by atoms with Gasteiger partial charge in [-0.3, -0.25) is 0 Å². The average molecular weight is 270 g/mol. The topological polar surface area (TPSA) is 46.5 Å². The van der Waals surface area contributed by atoms with E-state index in [1.807, 2.05) is 0 Å². The second kappa shape index (κ2) is 10.0. The maximum Gasteiger partial charge on any atom is 0.333 e. The van der Waals surface area contributed by atoms with Gasteiger partial charge in [0.1, 0.15) is 6.10 Å². The first-order valence-corrected chi connectivity index (χ1v) is 7.37. The Bertz CT molecular complexity index is 269. The lowest BCUT2D eigenvalue weighted by molar-refractivity contribution is -0.145. The Kier molecular flexibility index (Phi) is 9.58. The third-order valence-electron chi connectivity index (χ3n) is 3.03. The molecule has 0 saturated heterocycles. The molecule has 0 fully saturated rings. The van der Waals surface area contributed by atoms with Crippen molar-refractivity contribution in [2.45, 2.75) is 78.4 Å². The van der Waals surface area contributed by atoms with Gasteiger partial charge in [0, 0.05) is 12.0 Å². The van der Waals surface area contributed by atoms with Crippen molar-refractivity contribution in [2.75, 3.05) is 0 Å². The van der Waals surface area contributed by atoms with Gasteiger partial charge in [-0.1, -0.05) is 39.7 Å². The van der Waals surface area contributed by atoms with E-state index in [-0.39, 0.29) is 12.1 Å². The largest absolute Gasteiger partial charge is 0.459 e. The normalized spacial score (nSPS) is 14.2. The molecule has 2 unspecified atom stereocenters. The Morgan fingerprint density at radius 1 is 1.16 bits per heavy atom. The molecule has 0 aliphatic heterocycles. The minimum atomic E-state index is -0.446. The lowest BCUT2D eigenvalue weighted by atomic mass is 10.0. The molecule has 0 spiro atoms. The Balaban J connectivity index is 3.99. The Labute approximate surface area is 118 Å². The number of hydrogen-bond donors (Lipinski definition) is 1. The Hall–Kier alpha value is -0.830. The van der Waals surface area contributed by atoms with Crippen LogP contribution in [0, 0.1) is 5.92 Å². The number of aliphatic hydroxyl groups is 1. The summed E-state index contributed by atoms with van der Waals surface area (Å²) < 4.78 is 5.35. The highest BCUT2D eigenvalue weighted by molar-refractivity contribution is 5.87. The minimum Gasteiger partial charge on any atom is -0.459 e. The van der Waals surface area contributed by atoms with E-state index in [1.54, 1.807) is 13.8 Å². The van der Waals surface area contributed by atoms with Crippen LogP contribution < -0.4 is 0 Å². The van der Waals surface area contributed by atoms with Crippen molar-refractivity contribution >= 4 is 5.97 Å². The summed E-state index contributed by atoms with van der Waals surface area (Å²) in [6, 6.07) is 0. The third-order valence-corrected chi connectivity index (χ3v) is 3.03. The highest BCUT2D eigenvalue weighted by atomic mass is 16.5. The predicted octanol–water partition coefficient (Wildman–Crippen LogP) is 3.85. The summed E-state index contributed by atoms with van der Waals surface area (Å²) in [6.45, 7) is 11.4. The maximum absolute atomic E-state index is 11.5. The zero-order valence-electron chi connectivity index (χ0n) is 12.9. The summed E-state index contributed by atoms with van der Waals surface area (Å²) in [5, 5.41) is 9.44. The van der Waals surface area contributed by atoms with E-state index in [0.717, 1.165) is 25.2 Å². The number of aliphatic hydroxyl groups excluding tert-OH is 1. The molecule has 0 radical (unpaired) electrons. The zero-order valence-corrected chi connectivity index (χ0v) is 12.9. The second-order valence-electron chi connectivity index (χ2n) is 5.92. The average Bonchev–Trinajstić information content (AvgIpc) is 2.26. The molecule has 0 aliphatic rings. The molecule has 0 aromatic heterocycles. The standard InChI is InChI=1S/C16H30O3/c1-12(2)9-7-6-8-10-15(11-14(5)17)19-16(18)13(3)4/h12,14-15,17H,3,6-11H2,1-2,4-5H3. The summed E-state index contributed by atoms with van der Waals surface area (Å²) in [6.07, 6.45) is 5.33. The smallest absolute Gasteiger partial charge is 0.333 e. The van der Waals surface area contributed by atoms with Crippen molar-refractivity contribution in [3.63, 3.8) is 0 Å². The van der Waals surface area contributed by atoms with Crippen LogP contribution in [0.5, 0.6) is 0 Å². The van der Waals surface area contributed by atoms with Crippen molar-refractivity contribution in [1.29, 1.82) is 0 Å². The number of rotatable bonds is 10. The molecule has 0 aliphatic carbocycles. The summed E-state index contributed by atoms with van der Waals surface area (Å²) >= 11 is 0. The highest BCUT2D eigenvalue weighted by Gasteiger charge is 2.16. The van der Waals surface area contributed by atoms with Crippen LogP contribution in [-0.4, -0.2) is 23.3 Å². The quantitative estimate of drug-likeness (QED) is 0.372. The molecular formula is C16H30O3. The lowest BCUT2D eigenvalue weighted by Crippen LogP contribution is -2.23. The second-order valence-corrected chi connectivity index (χ2v) is 5.92. The van der Waals surface area contributed by atoms with Crippen LogP contribution in [0.1, 0.15) is 66.2 Å². The van der Waals surface area contributed by atoms with Gasteiger partial charge in [-0.15, -0.1) is 0 Å². The summed E-state index contributed by atoms with van der Waals surface area (Å²) in [5.74, 6) is 0.391. The number of carbonyl (C=O) groups excluding carboxylic acids is 1. The van der Waals surface area contributed by atoms with Gasteiger partial charge in [0.15, 0.2) is 0 Å². The van der Waals surface area contributed by atoms with E-state index >= 15 is 0 Å². The van der Waals surface area contributed by atoms with Gasteiger partial charge in [0.05, 0.1) is 6.10 Å². The van der Waals surface area contributed by atoms with Crippen LogP contribution >= 0.6 is 0 Å². The minimum absolute atomic E-state index is 0.191. The molecular weight excluding hydrogens is 240 g/mol.